The molecule has 0 aliphatic carbocycles. The Balaban J connectivity index is 1.39. The lowest BCUT2D eigenvalue weighted by molar-refractivity contribution is -0.137. The molecule has 0 saturated carbocycles. The quantitative estimate of drug-likeness (QED) is 0.294. The fourth-order valence-electron chi connectivity index (χ4n) is 4.61. The number of H-pyrrole nitrogens is 1. The Hall–Kier alpha value is -4.33. The van der Waals surface area contributed by atoms with Crippen LogP contribution in [0.4, 0.5) is 29.5 Å². The van der Waals surface area contributed by atoms with E-state index in [1.807, 2.05) is 18.2 Å². The smallest absolute Gasteiger partial charge is 0.417 e. The molecule has 5 rings (SSSR count). The third-order valence-electron chi connectivity index (χ3n) is 6.52. The van der Waals surface area contributed by atoms with E-state index in [0.717, 1.165) is 28.6 Å². The molecule has 2 amide bonds. The van der Waals surface area contributed by atoms with E-state index in [9.17, 15) is 22.8 Å². The number of hydrogen-bond acceptors (Lipinski definition) is 7. The van der Waals surface area contributed by atoms with Gasteiger partial charge in [0, 0.05) is 29.6 Å². The maximum absolute atomic E-state index is 13.3. The largest absolute Gasteiger partial charge is 0.444 e. The molecule has 11 nitrogen and oxygen atoms in total. The summed E-state index contributed by atoms with van der Waals surface area (Å²) < 4.78 is 47.1. The first kappa shape index (κ1) is 28.2. The number of nitrogens with zero attached hydrogens (tertiary/aromatic N) is 5. The molecule has 1 fully saturated rings. The lowest BCUT2D eigenvalue weighted by Gasteiger charge is -2.28. The van der Waals surface area contributed by atoms with E-state index in [0.29, 0.717) is 11.5 Å². The molecule has 1 aliphatic rings. The fraction of sp³-hybridized carbons (Fsp3) is 0.346. The van der Waals surface area contributed by atoms with Crippen LogP contribution in [0.25, 0.3) is 22.2 Å². The van der Waals surface area contributed by atoms with Crippen molar-refractivity contribution >= 4 is 46.0 Å². The monoisotopic (exact) mass is 590 g/mol. The first-order chi connectivity index (χ1) is 19.2. The van der Waals surface area contributed by atoms with Gasteiger partial charge in [-0.2, -0.15) is 18.3 Å². The number of rotatable bonds is 4. The minimum atomic E-state index is -4.71. The molecule has 41 heavy (non-hydrogen) atoms. The highest BCUT2D eigenvalue weighted by Gasteiger charge is 2.43. The Labute approximate surface area is 236 Å². The normalized spacial score (nSPS) is 17.7. The van der Waals surface area contributed by atoms with E-state index in [4.69, 9.17) is 22.1 Å². The number of nitrogens with two attached hydrogens (primary N) is 1. The van der Waals surface area contributed by atoms with Crippen molar-refractivity contribution in [3.63, 3.8) is 0 Å². The summed E-state index contributed by atoms with van der Waals surface area (Å²) in [5.41, 5.74) is 5.80. The zero-order valence-corrected chi connectivity index (χ0v) is 22.9. The molecule has 2 unspecified atom stereocenters. The maximum atomic E-state index is 13.3. The van der Waals surface area contributed by atoms with E-state index >= 15 is 0 Å². The minimum Gasteiger partial charge on any atom is -0.444 e. The Bertz CT molecular complexity index is 1630. The van der Waals surface area contributed by atoms with Gasteiger partial charge in [-0.05, 0) is 51.1 Å². The van der Waals surface area contributed by atoms with Gasteiger partial charge in [-0.3, -0.25) is 14.8 Å². The lowest BCUT2D eigenvalue weighted by Crippen LogP contribution is -2.45. The molecule has 2 aromatic heterocycles. The second-order valence-electron chi connectivity index (χ2n) is 10.7. The second kappa shape index (κ2) is 10.3. The van der Waals surface area contributed by atoms with Crippen LogP contribution in [-0.4, -0.2) is 60.3 Å². The predicted molar refractivity (Wildman–Crippen MR) is 145 cm³/mol. The van der Waals surface area contributed by atoms with Crippen LogP contribution in [0.5, 0.6) is 0 Å². The lowest BCUT2D eigenvalue weighted by atomic mass is 10.1. The number of aromatic amines is 1. The summed E-state index contributed by atoms with van der Waals surface area (Å²) in [6, 6.07) is 6.98. The highest BCUT2D eigenvalue weighted by molar-refractivity contribution is 6.31. The highest BCUT2D eigenvalue weighted by Crippen LogP contribution is 2.37. The van der Waals surface area contributed by atoms with Crippen molar-refractivity contribution in [3.8, 4) is 11.3 Å². The molecule has 2 atom stereocenters. The first-order valence-electron chi connectivity index (χ1n) is 12.5. The van der Waals surface area contributed by atoms with Crippen molar-refractivity contribution in [1.29, 1.82) is 0 Å². The molecule has 0 radical (unpaired) electrons. The van der Waals surface area contributed by atoms with Crippen molar-refractivity contribution in [2.45, 2.75) is 51.1 Å². The van der Waals surface area contributed by atoms with Crippen LogP contribution >= 0.6 is 11.6 Å². The zero-order chi connectivity index (χ0) is 29.7. The number of fused-ring (bicyclic) bond motifs is 1. The molecule has 3 heterocycles. The molecular formula is C26H26ClF3N8O3. The number of nitrogen functional groups attached to an aromatic ring is 1. The summed E-state index contributed by atoms with van der Waals surface area (Å²) in [5.74, 6) is -0.308. The number of alkyl halides is 3. The Kier molecular flexibility index (Phi) is 7.05. The molecule has 0 spiro atoms. The van der Waals surface area contributed by atoms with Crippen molar-refractivity contribution in [3.05, 3.63) is 53.2 Å². The summed E-state index contributed by atoms with van der Waals surface area (Å²) in [5, 5.41) is 18.1. The summed E-state index contributed by atoms with van der Waals surface area (Å²) in [4.78, 5) is 27.7. The van der Waals surface area contributed by atoms with Gasteiger partial charge in [-0.25, -0.2) is 9.48 Å². The topological polar surface area (TPSA) is 144 Å². The highest BCUT2D eigenvalue weighted by atomic mass is 35.5. The van der Waals surface area contributed by atoms with Crippen LogP contribution in [0.15, 0.2) is 42.6 Å². The molecule has 1 saturated heterocycles. The van der Waals surface area contributed by atoms with Crippen molar-refractivity contribution in [1.82, 2.24) is 30.1 Å². The number of halogens is 4. The van der Waals surface area contributed by atoms with Crippen molar-refractivity contribution in [2.75, 3.05) is 17.6 Å². The molecule has 4 aromatic rings. The number of anilines is 2. The number of benzene rings is 2. The molecule has 216 valence electrons. The molecule has 2 aromatic carbocycles. The van der Waals surface area contributed by atoms with E-state index in [1.54, 1.807) is 31.6 Å². The number of aromatic nitrogens is 5. The Morgan fingerprint density at radius 2 is 1.93 bits per heavy atom. The summed E-state index contributed by atoms with van der Waals surface area (Å²) in [6.45, 7) is 5.12. The number of ether oxygens (including phenoxy) is 1. The number of hydrogen-bond donors (Lipinski definition) is 3. The van der Waals surface area contributed by atoms with Crippen molar-refractivity contribution in [2.24, 2.45) is 0 Å². The van der Waals surface area contributed by atoms with Crippen LogP contribution in [-0.2, 0) is 15.7 Å². The van der Waals surface area contributed by atoms with E-state index in [2.05, 4.69) is 25.8 Å². The van der Waals surface area contributed by atoms with Gasteiger partial charge < -0.3 is 15.8 Å². The van der Waals surface area contributed by atoms with Gasteiger partial charge in [0.15, 0.2) is 5.82 Å². The Morgan fingerprint density at radius 3 is 2.63 bits per heavy atom. The van der Waals surface area contributed by atoms with E-state index in [1.165, 1.54) is 11.0 Å². The van der Waals surface area contributed by atoms with Crippen LogP contribution in [0, 0.1) is 0 Å². The summed E-state index contributed by atoms with van der Waals surface area (Å²) >= 11 is 5.71. The van der Waals surface area contributed by atoms with Crippen LogP contribution in [0.1, 0.15) is 38.8 Å². The average molecular weight is 591 g/mol. The SMILES string of the molecule is CC(C)(C)OC(=O)N1CC(n2cc(-c3ccc4c(N)n[nH]c4c3)nn2)CC1C(=O)Nc1ccc(Cl)c(C(F)(F)F)c1. The molecule has 0 bridgehead atoms. The standard InChI is InChI=1S/C26H26ClF3N8O3/c1-25(2,3)41-24(40)37-11-15(10-21(37)23(39)32-14-5-7-18(27)17(9-14)26(28,29)30)38-12-20(34-36-38)13-4-6-16-19(8-13)33-35-22(16)31/h4-9,12,15,21H,10-11H2,1-3H3,(H,32,39)(H3,31,33,35). The first-order valence-corrected chi connectivity index (χ1v) is 12.9. The third kappa shape index (κ3) is 5.92. The van der Waals surface area contributed by atoms with Gasteiger partial charge in [0.1, 0.15) is 17.3 Å². The van der Waals surface area contributed by atoms with Crippen LogP contribution in [0.2, 0.25) is 5.02 Å². The number of nitrogens with one attached hydrogen (secondary N) is 2. The van der Waals surface area contributed by atoms with Gasteiger partial charge in [0.2, 0.25) is 5.91 Å². The van der Waals surface area contributed by atoms with Gasteiger partial charge in [-0.15, -0.1) is 5.10 Å². The van der Waals surface area contributed by atoms with Crippen molar-refractivity contribution < 1.29 is 27.5 Å². The second-order valence-corrected chi connectivity index (χ2v) is 11.1. The zero-order valence-electron chi connectivity index (χ0n) is 22.2. The van der Waals surface area contributed by atoms with Gasteiger partial charge in [-0.1, -0.05) is 22.9 Å². The third-order valence-corrected chi connectivity index (χ3v) is 6.85. The van der Waals surface area contributed by atoms with E-state index in [-0.39, 0.29) is 18.7 Å². The number of amides is 2. The molecule has 1 aliphatic heterocycles. The van der Waals surface area contributed by atoms with E-state index < -0.39 is 46.4 Å². The minimum absolute atomic E-state index is 0.0559. The number of carbonyl (C=O) groups is 2. The van der Waals surface area contributed by atoms with Gasteiger partial charge >= 0.3 is 12.3 Å². The summed E-state index contributed by atoms with van der Waals surface area (Å²) in [7, 11) is 0. The summed E-state index contributed by atoms with van der Waals surface area (Å²) in [6.07, 6.45) is -3.65. The predicted octanol–water partition coefficient (Wildman–Crippen LogP) is 5.27. The fourth-order valence-corrected chi connectivity index (χ4v) is 4.83. The van der Waals surface area contributed by atoms with Crippen LogP contribution < -0.4 is 11.1 Å². The number of carbonyl (C=O) groups excluding carboxylic acids is 2. The molecule has 15 heteroatoms. The van der Waals surface area contributed by atoms with Gasteiger partial charge in [0.05, 0.1) is 28.3 Å². The average Bonchev–Trinajstić information content (AvgIpc) is 3.62. The molecular weight excluding hydrogens is 565 g/mol. The molecule has 4 N–H and O–H groups in total. The maximum Gasteiger partial charge on any atom is 0.417 e. The van der Waals surface area contributed by atoms with Crippen LogP contribution in [0.3, 0.4) is 0 Å². The number of likely N-dealkylation sites (tertiary alicyclic amines) is 1. The Morgan fingerprint density at radius 1 is 1.17 bits per heavy atom. The van der Waals surface area contributed by atoms with Gasteiger partial charge in [0.25, 0.3) is 0 Å².